The van der Waals surface area contributed by atoms with Crippen molar-refractivity contribution in [1.82, 2.24) is 15.0 Å². The molecule has 1 unspecified atom stereocenters. The molecule has 8 nitrogen and oxygen atoms in total. The quantitative estimate of drug-likeness (QED) is 0.236. The van der Waals surface area contributed by atoms with Gasteiger partial charge in [-0.3, -0.25) is 9.59 Å². The molecule has 34 heavy (non-hydrogen) atoms. The summed E-state index contributed by atoms with van der Waals surface area (Å²) in [6.45, 7) is 5.92. The number of hydrogen-bond donors (Lipinski definition) is 2. The summed E-state index contributed by atoms with van der Waals surface area (Å²) >= 11 is 1.36. The lowest BCUT2D eigenvalue weighted by Crippen LogP contribution is -2.07. The molecular weight excluding hydrogens is 454 g/mol. The molecule has 3 heterocycles. The summed E-state index contributed by atoms with van der Waals surface area (Å²) in [5.41, 5.74) is 3.18. The van der Waals surface area contributed by atoms with Crippen molar-refractivity contribution in [2.24, 2.45) is 0 Å². The molecule has 1 aromatic carbocycles. The fraction of sp³-hybridized carbons (Fsp3) is 0.280. The predicted molar refractivity (Wildman–Crippen MR) is 130 cm³/mol. The smallest absolute Gasteiger partial charge is 0.310 e. The number of pyridine rings is 1. The number of ether oxygens (including phenoxy) is 2. The third-order valence-electron chi connectivity index (χ3n) is 5.43. The lowest BCUT2D eigenvalue weighted by molar-refractivity contribution is -0.138. The molecule has 9 heteroatoms. The summed E-state index contributed by atoms with van der Waals surface area (Å²) in [6.07, 6.45) is 4.08. The van der Waals surface area contributed by atoms with Crippen molar-refractivity contribution in [3.63, 3.8) is 0 Å². The van der Waals surface area contributed by atoms with Crippen LogP contribution in [0.3, 0.4) is 0 Å². The Hall–Kier alpha value is -3.72. The van der Waals surface area contributed by atoms with Gasteiger partial charge in [0.15, 0.2) is 5.78 Å². The number of aliphatic carboxylic acids is 1. The molecule has 0 aliphatic carbocycles. The highest BCUT2D eigenvalue weighted by atomic mass is 32.1. The molecule has 4 aromatic rings. The average molecular weight is 480 g/mol. The van der Waals surface area contributed by atoms with E-state index in [4.69, 9.17) is 9.47 Å². The number of nitrogens with one attached hydrogen (secondary N) is 1. The first kappa shape index (κ1) is 23.4. The number of benzene rings is 1. The minimum Gasteiger partial charge on any atom is -0.493 e. The predicted octanol–water partition coefficient (Wildman–Crippen LogP) is 5.23. The summed E-state index contributed by atoms with van der Waals surface area (Å²) in [5.74, 6) is -0.276. The van der Waals surface area contributed by atoms with Crippen molar-refractivity contribution in [2.75, 3.05) is 13.2 Å². The van der Waals surface area contributed by atoms with Crippen LogP contribution in [0.15, 0.2) is 42.7 Å². The maximum Gasteiger partial charge on any atom is 0.310 e. The largest absolute Gasteiger partial charge is 0.493 e. The summed E-state index contributed by atoms with van der Waals surface area (Å²) in [6, 6.07) is 9.26. The number of thiazole rings is 1. The first-order valence-corrected chi connectivity index (χ1v) is 11.7. The van der Waals surface area contributed by atoms with Crippen LogP contribution in [0.25, 0.3) is 21.5 Å². The number of ketones is 1. The Morgan fingerprint density at radius 2 is 1.97 bits per heavy atom. The van der Waals surface area contributed by atoms with Gasteiger partial charge in [0.25, 0.3) is 0 Å². The van der Waals surface area contributed by atoms with Crippen LogP contribution < -0.4 is 9.47 Å². The molecule has 2 N–H and O–H groups in total. The molecule has 0 spiro atoms. The Balaban J connectivity index is 1.28. The zero-order valence-electron chi connectivity index (χ0n) is 19.1. The Labute approximate surface area is 200 Å². The minimum absolute atomic E-state index is 0.0136. The summed E-state index contributed by atoms with van der Waals surface area (Å²) in [5, 5.41) is 10.9. The molecular formula is C25H25N3O5S. The third-order valence-corrected chi connectivity index (χ3v) is 6.74. The van der Waals surface area contributed by atoms with Crippen molar-refractivity contribution >= 4 is 34.0 Å². The second-order valence-electron chi connectivity index (χ2n) is 7.94. The summed E-state index contributed by atoms with van der Waals surface area (Å²) < 4.78 is 11.5. The zero-order chi connectivity index (χ0) is 24.2. The number of hydrogen-bond acceptors (Lipinski definition) is 7. The third kappa shape index (κ3) is 5.09. The second-order valence-corrected chi connectivity index (χ2v) is 8.94. The van der Waals surface area contributed by atoms with Gasteiger partial charge in [-0.05, 0) is 43.7 Å². The lowest BCUT2D eigenvalue weighted by Gasteiger charge is -2.09. The number of carbonyl (C=O) groups is 2. The monoisotopic (exact) mass is 479 g/mol. The number of carboxylic acid groups (broad SMARTS) is 1. The molecule has 0 aliphatic rings. The van der Waals surface area contributed by atoms with E-state index in [2.05, 4.69) is 15.0 Å². The molecule has 0 saturated heterocycles. The molecule has 0 saturated carbocycles. The van der Waals surface area contributed by atoms with Gasteiger partial charge >= 0.3 is 5.97 Å². The first-order chi connectivity index (χ1) is 16.3. The first-order valence-electron chi connectivity index (χ1n) is 10.9. The SMILES string of the molecule is CC(=O)c1sc(-c2ccc(OCCCOc3ccc4[nH]cc(C(C)C(=O)O)c4c3)nc2)nc1C. The van der Waals surface area contributed by atoms with E-state index in [0.29, 0.717) is 36.1 Å². The molecule has 4 rings (SSSR count). The highest BCUT2D eigenvalue weighted by molar-refractivity contribution is 7.17. The van der Waals surface area contributed by atoms with Crippen LogP contribution in [0.1, 0.15) is 47.1 Å². The number of carbonyl (C=O) groups excluding carboxylic acids is 1. The average Bonchev–Trinajstić information content (AvgIpc) is 3.42. The lowest BCUT2D eigenvalue weighted by atomic mass is 10.0. The minimum atomic E-state index is -0.867. The molecule has 176 valence electrons. The van der Waals surface area contributed by atoms with Gasteiger partial charge < -0.3 is 19.6 Å². The fourth-order valence-electron chi connectivity index (χ4n) is 3.57. The van der Waals surface area contributed by atoms with Crippen LogP contribution in [-0.2, 0) is 4.79 Å². The maximum atomic E-state index is 11.6. The highest BCUT2D eigenvalue weighted by Gasteiger charge is 2.18. The number of rotatable bonds is 10. The number of carboxylic acids is 1. The number of aromatic amines is 1. The van der Waals surface area contributed by atoms with Gasteiger partial charge in [0, 0.05) is 48.3 Å². The summed E-state index contributed by atoms with van der Waals surface area (Å²) in [4.78, 5) is 35.5. The Bertz CT molecular complexity index is 1330. The van der Waals surface area contributed by atoms with Crippen LogP contribution in [0, 0.1) is 6.92 Å². The van der Waals surface area contributed by atoms with E-state index in [1.54, 1.807) is 32.3 Å². The molecule has 0 amide bonds. The van der Waals surface area contributed by atoms with Crippen molar-refractivity contribution in [3.8, 4) is 22.2 Å². The van der Waals surface area contributed by atoms with Crippen molar-refractivity contribution in [2.45, 2.75) is 33.1 Å². The summed E-state index contributed by atoms with van der Waals surface area (Å²) in [7, 11) is 0. The van der Waals surface area contributed by atoms with Crippen LogP contribution in [0.5, 0.6) is 11.6 Å². The standard InChI is InChI=1S/C25H25N3O5S/c1-14(25(30)31)20-13-26-21-7-6-18(11-19(20)21)32-9-4-10-33-22-8-5-17(12-27-22)24-28-15(2)23(34-24)16(3)29/h5-8,11-14,26H,4,9-10H2,1-3H3,(H,30,31). The van der Waals surface area contributed by atoms with Crippen LogP contribution in [0.2, 0.25) is 0 Å². The van der Waals surface area contributed by atoms with Gasteiger partial charge in [0.2, 0.25) is 5.88 Å². The zero-order valence-corrected chi connectivity index (χ0v) is 19.9. The number of nitrogens with zero attached hydrogens (tertiary/aromatic N) is 2. The van der Waals surface area contributed by atoms with Gasteiger partial charge in [0.1, 0.15) is 10.8 Å². The van der Waals surface area contributed by atoms with E-state index < -0.39 is 11.9 Å². The number of fused-ring (bicyclic) bond motifs is 1. The van der Waals surface area contributed by atoms with Crippen molar-refractivity contribution in [1.29, 1.82) is 0 Å². The normalized spacial score (nSPS) is 12.0. The van der Waals surface area contributed by atoms with Crippen LogP contribution in [-0.4, -0.2) is 45.0 Å². The van der Waals surface area contributed by atoms with Crippen molar-refractivity contribution < 1.29 is 24.2 Å². The van der Waals surface area contributed by atoms with Gasteiger partial charge in [-0.2, -0.15) is 0 Å². The molecule has 0 fully saturated rings. The number of aryl methyl sites for hydroxylation is 1. The van der Waals surface area contributed by atoms with Crippen LogP contribution in [0.4, 0.5) is 0 Å². The number of H-pyrrole nitrogens is 1. The maximum absolute atomic E-state index is 11.6. The Kier molecular flexibility index (Phi) is 6.93. The topological polar surface area (TPSA) is 114 Å². The van der Waals surface area contributed by atoms with E-state index in [1.165, 1.54) is 11.3 Å². The van der Waals surface area contributed by atoms with E-state index in [-0.39, 0.29) is 5.78 Å². The second kappa shape index (κ2) is 10.0. The van der Waals surface area contributed by atoms with E-state index in [9.17, 15) is 14.7 Å². The fourth-order valence-corrected chi connectivity index (χ4v) is 4.52. The molecule has 0 aliphatic heterocycles. The number of aromatic nitrogens is 3. The van der Waals surface area contributed by atoms with E-state index in [0.717, 1.165) is 32.7 Å². The van der Waals surface area contributed by atoms with E-state index >= 15 is 0 Å². The highest BCUT2D eigenvalue weighted by Crippen LogP contribution is 2.30. The molecule has 3 aromatic heterocycles. The van der Waals surface area contributed by atoms with Gasteiger partial charge in [-0.1, -0.05) is 0 Å². The van der Waals surface area contributed by atoms with Gasteiger partial charge in [-0.25, -0.2) is 9.97 Å². The Morgan fingerprint density at radius 3 is 2.65 bits per heavy atom. The molecule has 1 atom stereocenters. The Morgan fingerprint density at radius 1 is 1.18 bits per heavy atom. The molecule has 0 radical (unpaired) electrons. The van der Waals surface area contributed by atoms with Gasteiger partial charge in [-0.15, -0.1) is 11.3 Å². The van der Waals surface area contributed by atoms with Crippen LogP contribution >= 0.6 is 11.3 Å². The van der Waals surface area contributed by atoms with Gasteiger partial charge in [0.05, 0.1) is 29.7 Å². The van der Waals surface area contributed by atoms with E-state index in [1.807, 2.05) is 31.2 Å². The van der Waals surface area contributed by atoms with Crippen molar-refractivity contribution in [3.05, 3.63) is 58.9 Å². The molecule has 0 bridgehead atoms. The number of Topliss-reactive ketones (excluding diaryl/α,β-unsaturated/α-hetero) is 1.